The molecule has 6 heteroatoms. The molecule has 1 saturated carbocycles. The quantitative estimate of drug-likeness (QED) is 0.523. The van der Waals surface area contributed by atoms with Crippen molar-refractivity contribution in [3.05, 3.63) is 42.1 Å². The standard InChI is InChI=1S/C23H33N5O/c1-28(2)16-10-15-24-21-17-20(23(29)25-19-13-8-3-4-9-14-19)26-22(27-21)18-11-6-5-7-12-18/h5-7,11-12,17,19H,3-4,8-10,13-16H2,1-2H3,(H,25,29)(H,24,26,27). The van der Waals surface area contributed by atoms with Gasteiger partial charge in [0.25, 0.3) is 5.91 Å². The zero-order valence-electron chi connectivity index (χ0n) is 17.7. The van der Waals surface area contributed by atoms with E-state index in [-0.39, 0.29) is 11.9 Å². The van der Waals surface area contributed by atoms with E-state index in [0.29, 0.717) is 17.3 Å². The van der Waals surface area contributed by atoms with Crippen LogP contribution in [0.15, 0.2) is 36.4 Å². The molecule has 1 fully saturated rings. The maximum atomic E-state index is 12.9. The third-order valence-corrected chi connectivity index (χ3v) is 5.27. The van der Waals surface area contributed by atoms with Gasteiger partial charge in [-0.25, -0.2) is 9.97 Å². The summed E-state index contributed by atoms with van der Waals surface area (Å²) in [6, 6.07) is 11.8. The van der Waals surface area contributed by atoms with Crippen LogP contribution < -0.4 is 10.6 Å². The van der Waals surface area contributed by atoms with Gasteiger partial charge in [0.2, 0.25) is 0 Å². The Hall–Kier alpha value is -2.47. The molecular formula is C23H33N5O. The molecule has 1 amide bonds. The molecule has 0 radical (unpaired) electrons. The second-order valence-corrected chi connectivity index (χ2v) is 8.07. The molecular weight excluding hydrogens is 362 g/mol. The number of hydrogen-bond acceptors (Lipinski definition) is 5. The number of carbonyl (C=O) groups excluding carboxylic acids is 1. The van der Waals surface area contributed by atoms with Crippen molar-refractivity contribution in [2.75, 3.05) is 32.5 Å². The summed E-state index contributed by atoms with van der Waals surface area (Å²) < 4.78 is 0. The summed E-state index contributed by atoms with van der Waals surface area (Å²) >= 11 is 0. The third-order valence-electron chi connectivity index (χ3n) is 5.27. The van der Waals surface area contributed by atoms with Gasteiger partial charge in [0.05, 0.1) is 0 Å². The monoisotopic (exact) mass is 395 g/mol. The highest BCUT2D eigenvalue weighted by molar-refractivity contribution is 5.93. The Balaban J connectivity index is 1.76. The molecule has 6 nitrogen and oxygen atoms in total. The van der Waals surface area contributed by atoms with Crippen LogP contribution >= 0.6 is 0 Å². The van der Waals surface area contributed by atoms with Gasteiger partial charge in [0.15, 0.2) is 5.82 Å². The fourth-order valence-electron chi connectivity index (χ4n) is 3.67. The van der Waals surface area contributed by atoms with Crippen molar-refractivity contribution in [2.24, 2.45) is 0 Å². The zero-order chi connectivity index (χ0) is 20.5. The van der Waals surface area contributed by atoms with Crippen LogP contribution in [0.4, 0.5) is 5.82 Å². The maximum absolute atomic E-state index is 12.9. The maximum Gasteiger partial charge on any atom is 0.270 e. The van der Waals surface area contributed by atoms with E-state index in [1.165, 1.54) is 25.7 Å². The molecule has 1 aliphatic carbocycles. The second-order valence-electron chi connectivity index (χ2n) is 8.07. The highest BCUT2D eigenvalue weighted by atomic mass is 16.1. The lowest BCUT2D eigenvalue weighted by Crippen LogP contribution is -2.35. The normalized spacial score (nSPS) is 15.1. The lowest BCUT2D eigenvalue weighted by molar-refractivity contribution is 0.0928. The van der Waals surface area contributed by atoms with Gasteiger partial charge >= 0.3 is 0 Å². The molecule has 1 aliphatic rings. The van der Waals surface area contributed by atoms with Crippen molar-refractivity contribution in [1.29, 1.82) is 0 Å². The molecule has 0 atom stereocenters. The van der Waals surface area contributed by atoms with Gasteiger partial charge in [-0.15, -0.1) is 0 Å². The first kappa shape index (κ1) is 21.2. The Morgan fingerprint density at radius 1 is 1.07 bits per heavy atom. The van der Waals surface area contributed by atoms with E-state index in [4.69, 9.17) is 0 Å². The number of nitrogens with one attached hydrogen (secondary N) is 2. The Kier molecular flexibility index (Phi) is 7.99. The molecule has 0 aliphatic heterocycles. The first-order chi connectivity index (χ1) is 14.1. The van der Waals surface area contributed by atoms with Crippen LogP contribution in [0.5, 0.6) is 0 Å². The molecule has 0 spiro atoms. The van der Waals surface area contributed by atoms with Crippen molar-refractivity contribution >= 4 is 11.7 Å². The summed E-state index contributed by atoms with van der Waals surface area (Å²) in [6.45, 7) is 1.80. The largest absolute Gasteiger partial charge is 0.370 e. The van der Waals surface area contributed by atoms with E-state index >= 15 is 0 Å². The molecule has 156 valence electrons. The van der Waals surface area contributed by atoms with Gasteiger partial charge < -0.3 is 15.5 Å². The smallest absolute Gasteiger partial charge is 0.270 e. The summed E-state index contributed by atoms with van der Waals surface area (Å²) in [7, 11) is 4.13. The van der Waals surface area contributed by atoms with Gasteiger partial charge in [-0.3, -0.25) is 4.79 Å². The number of anilines is 1. The Morgan fingerprint density at radius 2 is 1.79 bits per heavy atom. The van der Waals surface area contributed by atoms with E-state index in [9.17, 15) is 4.79 Å². The summed E-state index contributed by atoms with van der Waals surface area (Å²) in [5.74, 6) is 1.17. The van der Waals surface area contributed by atoms with Crippen LogP contribution in [0.2, 0.25) is 0 Å². The predicted octanol–water partition coefficient (Wildman–Crippen LogP) is 3.96. The van der Waals surface area contributed by atoms with Crippen molar-refractivity contribution in [2.45, 2.75) is 51.0 Å². The Morgan fingerprint density at radius 3 is 2.48 bits per heavy atom. The molecule has 2 aromatic rings. The summed E-state index contributed by atoms with van der Waals surface area (Å²) in [4.78, 5) is 24.3. The molecule has 2 N–H and O–H groups in total. The van der Waals surface area contributed by atoms with E-state index < -0.39 is 0 Å². The third kappa shape index (κ3) is 6.82. The van der Waals surface area contributed by atoms with E-state index in [2.05, 4.69) is 39.6 Å². The lowest BCUT2D eigenvalue weighted by atomic mass is 10.1. The van der Waals surface area contributed by atoms with E-state index in [1.807, 2.05) is 30.3 Å². The topological polar surface area (TPSA) is 70.2 Å². The van der Waals surface area contributed by atoms with E-state index in [0.717, 1.165) is 37.9 Å². The summed E-state index contributed by atoms with van der Waals surface area (Å²) in [6.07, 6.45) is 8.00. The van der Waals surface area contributed by atoms with Crippen molar-refractivity contribution in [1.82, 2.24) is 20.2 Å². The number of rotatable bonds is 8. The Bertz CT molecular complexity index is 770. The molecule has 29 heavy (non-hydrogen) atoms. The predicted molar refractivity (Wildman–Crippen MR) is 118 cm³/mol. The van der Waals surface area contributed by atoms with Crippen LogP contribution in [0.3, 0.4) is 0 Å². The highest BCUT2D eigenvalue weighted by Crippen LogP contribution is 2.20. The Labute approximate surface area is 174 Å². The lowest BCUT2D eigenvalue weighted by Gasteiger charge is -2.17. The number of benzene rings is 1. The minimum absolute atomic E-state index is 0.104. The SMILES string of the molecule is CN(C)CCCNc1cc(C(=O)NC2CCCCCC2)nc(-c2ccccc2)n1. The molecule has 0 bridgehead atoms. The van der Waals surface area contributed by atoms with Crippen LogP contribution in [-0.4, -0.2) is 54.0 Å². The molecule has 1 aromatic heterocycles. The molecule has 1 aromatic carbocycles. The minimum Gasteiger partial charge on any atom is -0.370 e. The van der Waals surface area contributed by atoms with Gasteiger partial charge in [-0.05, 0) is 39.9 Å². The zero-order valence-corrected chi connectivity index (χ0v) is 17.7. The minimum atomic E-state index is -0.104. The molecule has 0 saturated heterocycles. The van der Waals surface area contributed by atoms with Crippen molar-refractivity contribution < 1.29 is 4.79 Å². The van der Waals surface area contributed by atoms with Gasteiger partial charge in [-0.1, -0.05) is 56.0 Å². The van der Waals surface area contributed by atoms with Crippen LogP contribution in [-0.2, 0) is 0 Å². The van der Waals surface area contributed by atoms with Gasteiger partial charge in [0, 0.05) is 24.2 Å². The van der Waals surface area contributed by atoms with Crippen molar-refractivity contribution in [3.8, 4) is 11.4 Å². The van der Waals surface area contributed by atoms with Crippen LogP contribution in [0, 0.1) is 0 Å². The summed E-state index contributed by atoms with van der Waals surface area (Å²) in [5, 5.41) is 6.56. The van der Waals surface area contributed by atoms with E-state index in [1.54, 1.807) is 6.07 Å². The average Bonchev–Trinajstić information content (AvgIpc) is 3.00. The first-order valence-corrected chi connectivity index (χ1v) is 10.8. The molecule has 0 unspecified atom stereocenters. The van der Waals surface area contributed by atoms with Crippen LogP contribution in [0.1, 0.15) is 55.4 Å². The van der Waals surface area contributed by atoms with Crippen LogP contribution in [0.25, 0.3) is 11.4 Å². The average molecular weight is 396 g/mol. The first-order valence-electron chi connectivity index (χ1n) is 10.8. The van der Waals surface area contributed by atoms with Crippen molar-refractivity contribution in [3.63, 3.8) is 0 Å². The molecule has 1 heterocycles. The van der Waals surface area contributed by atoms with Gasteiger partial charge in [-0.2, -0.15) is 0 Å². The summed E-state index contributed by atoms with van der Waals surface area (Å²) in [5.41, 5.74) is 1.34. The highest BCUT2D eigenvalue weighted by Gasteiger charge is 2.18. The fourth-order valence-corrected chi connectivity index (χ4v) is 3.67. The molecule has 3 rings (SSSR count). The number of amides is 1. The fraction of sp³-hybridized carbons (Fsp3) is 0.522. The number of carbonyl (C=O) groups is 1. The number of hydrogen-bond donors (Lipinski definition) is 2. The van der Waals surface area contributed by atoms with Gasteiger partial charge in [0.1, 0.15) is 11.5 Å². The number of aromatic nitrogens is 2. The number of nitrogens with zero attached hydrogens (tertiary/aromatic N) is 3. The second kappa shape index (κ2) is 10.9.